The number of aromatic nitrogens is 1. The van der Waals surface area contributed by atoms with Crippen molar-refractivity contribution in [1.29, 1.82) is 0 Å². The molecule has 2 aliphatic heterocycles. The molecule has 0 saturated carbocycles. The fourth-order valence-corrected chi connectivity index (χ4v) is 3.44. The van der Waals surface area contributed by atoms with Crippen molar-refractivity contribution in [3.05, 3.63) is 30.1 Å². The SMILES string of the molecule is CCNC(=NCCNC(=O)c1cccnc1)N1CCC2(CCOC2)C1. The molecule has 2 N–H and O–H groups in total. The first-order chi connectivity index (χ1) is 12.2. The summed E-state index contributed by atoms with van der Waals surface area (Å²) in [5, 5.41) is 6.25. The van der Waals surface area contributed by atoms with Crippen LogP contribution in [0.3, 0.4) is 0 Å². The molecular formula is C18H27N5O2. The Hall–Kier alpha value is -2.15. The van der Waals surface area contributed by atoms with E-state index in [0.29, 0.717) is 24.1 Å². The van der Waals surface area contributed by atoms with Gasteiger partial charge in [-0.15, -0.1) is 0 Å². The molecule has 1 aromatic heterocycles. The van der Waals surface area contributed by atoms with Gasteiger partial charge in [0.05, 0.1) is 18.7 Å². The fraction of sp³-hybridized carbons (Fsp3) is 0.611. The first-order valence-corrected chi connectivity index (χ1v) is 9.02. The maximum absolute atomic E-state index is 12.0. The molecule has 1 atom stereocenters. The zero-order valence-corrected chi connectivity index (χ0v) is 14.8. The highest BCUT2D eigenvalue weighted by Gasteiger charge is 2.42. The van der Waals surface area contributed by atoms with Crippen LogP contribution in [-0.2, 0) is 4.74 Å². The topological polar surface area (TPSA) is 78.8 Å². The summed E-state index contributed by atoms with van der Waals surface area (Å²) in [6, 6.07) is 3.51. The lowest BCUT2D eigenvalue weighted by atomic mass is 9.87. The van der Waals surface area contributed by atoms with E-state index >= 15 is 0 Å². The number of hydrogen-bond donors (Lipinski definition) is 2. The van der Waals surface area contributed by atoms with Gasteiger partial charge in [0.15, 0.2) is 5.96 Å². The molecule has 1 aromatic rings. The van der Waals surface area contributed by atoms with Crippen LogP contribution in [-0.4, -0.2) is 67.7 Å². The predicted molar refractivity (Wildman–Crippen MR) is 96.6 cm³/mol. The van der Waals surface area contributed by atoms with Gasteiger partial charge in [-0.25, -0.2) is 0 Å². The minimum Gasteiger partial charge on any atom is -0.381 e. The van der Waals surface area contributed by atoms with E-state index < -0.39 is 0 Å². The lowest BCUT2D eigenvalue weighted by Gasteiger charge is -2.25. The Labute approximate surface area is 148 Å². The third-order valence-electron chi connectivity index (χ3n) is 4.84. The second-order valence-electron chi connectivity index (χ2n) is 6.71. The van der Waals surface area contributed by atoms with Gasteiger partial charge in [-0.3, -0.25) is 14.8 Å². The van der Waals surface area contributed by atoms with Crippen LogP contribution in [0.15, 0.2) is 29.5 Å². The molecule has 2 saturated heterocycles. The Balaban J connectivity index is 1.50. The summed E-state index contributed by atoms with van der Waals surface area (Å²) in [5.41, 5.74) is 0.881. The first-order valence-electron chi connectivity index (χ1n) is 9.02. The van der Waals surface area contributed by atoms with Crippen molar-refractivity contribution >= 4 is 11.9 Å². The van der Waals surface area contributed by atoms with Crippen molar-refractivity contribution in [2.75, 3.05) is 45.9 Å². The number of nitrogens with zero attached hydrogens (tertiary/aromatic N) is 3. The van der Waals surface area contributed by atoms with Gasteiger partial charge in [-0.1, -0.05) is 0 Å². The van der Waals surface area contributed by atoms with E-state index in [1.54, 1.807) is 24.5 Å². The largest absolute Gasteiger partial charge is 0.381 e. The van der Waals surface area contributed by atoms with Crippen molar-refractivity contribution < 1.29 is 9.53 Å². The first kappa shape index (κ1) is 17.7. The molecule has 2 fully saturated rings. The van der Waals surface area contributed by atoms with Crippen molar-refractivity contribution in [3.8, 4) is 0 Å². The molecule has 1 unspecified atom stereocenters. The molecule has 1 spiro atoms. The normalized spacial score (nSPS) is 23.2. The number of rotatable bonds is 5. The van der Waals surface area contributed by atoms with E-state index in [-0.39, 0.29) is 5.91 Å². The molecule has 0 radical (unpaired) electrons. The zero-order chi connectivity index (χ0) is 17.5. The van der Waals surface area contributed by atoms with Crippen molar-refractivity contribution in [3.63, 3.8) is 0 Å². The van der Waals surface area contributed by atoms with E-state index in [0.717, 1.165) is 51.6 Å². The highest BCUT2D eigenvalue weighted by atomic mass is 16.5. The quantitative estimate of drug-likeness (QED) is 0.471. The average Bonchev–Trinajstić information content (AvgIpc) is 3.28. The summed E-state index contributed by atoms with van der Waals surface area (Å²) in [7, 11) is 0. The molecule has 0 aliphatic carbocycles. The number of carbonyl (C=O) groups excluding carboxylic acids is 1. The van der Waals surface area contributed by atoms with Gasteiger partial charge in [0, 0.05) is 50.6 Å². The summed E-state index contributed by atoms with van der Waals surface area (Å²) in [6.07, 6.45) is 5.53. The van der Waals surface area contributed by atoms with Gasteiger partial charge in [0.25, 0.3) is 5.91 Å². The lowest BCUT2D eigenvalue weighted by molar-refractivity contribution is 0.0954. The molecule has 1 amide bonds. The van der Waals surface area contributed by atoms with E-state index in [4.69, 9.17) is 4.74 Å². The highest BCUT2D eigenvalue weighted by Crippen LogP contribution is 2.38. The van der Waals surface area contributed by atoms with E-state index in [1.807, 2.05) is 0 Å². The van der Waals surface area contributed by atoms with Gasteiger partial charge in [0.1, 0.15) is 0 Å². The number of nitrogens with one attached hydrogen (secondary N) is 2. The smallest absolute Gasteiger partial charge is 0.252 e. The van der Waals surface area contributed by atoms with Crippen LogP contribution in [0.2, 0.25) is 0 Å². The molecule has 3 heterocycles. The van der Waals surface area contributed by atoms with Crippen molar-refractivity contribution in [2.45, 2.75) is 19.8 Å². The minimum atomic E-state index is -0.114. The Morgan fingerprint density at radius 1 is 1.44 bits per heavy atom. The van der Waals surface area contributed by atoms with Gasteiger partial charge >= 0.3 is 0 Å². The molecule has 3 rings (SSSR count). The van der Waals surface area contributed by atoms with Crippen molar-refractivity contribution in [2.24, 2.45) is 10.4 Å². The number of aliphatic imine (C=N–C) groups is 1. The summed E-state index contributed by atoms with van der Waals surface area (Å²) < 4.78 is 5.60. The van der Waals surface area contributed by atoms with Gasteiger partial charge in [-0.2, -0.15) is 0 Å². The average molecular weight is 345 g/mol. The number of amides is 1. The highest BCUT2D eigenvalue weighted by molar-refractivity contribution is 5.93. The summed E-state index contributed by atoms with van der Waals surface area (Å²) in [5.74, 6) is 0.818. The maximum atomic E-state index is 12.0. The van der Waals surface area contributed by atoms with Crippen LogP contribution in [0, 0.1) is 5.41 Å². The standard InChI is InChI=1S/C18H27N5O2/c1-2-20-17(23-10-5-18(13-23)6-11-25-14-18)22-9-8-21-16(24)15-4-3-7-19-12-15/h3-4,7,12H,2,5-6,8-11,13-14H2,1H3,(H,20,22)(H,21,24). The Morgan fingerprint density at radius 3 is 3.08 bits per heavy atom. The predicted octanol–water partition coefficient (Wildman–Crippen LogP) is 0.889. The van der Waals surface area contributed by atoms with Crippen LogP contribution in [0.25, 0.3) is 0 Å². The van der Waals surface area contributed by atoms with Gasteiger partial charge in [0.2, 0.25) is 0 Å². The van der Waals surface area contributed by atoms with E-state index in [1.165, 1.54) is 0 Å². The number of hydrogen-bond acceptors (Lipinski definition) is 4. The molecule has 0 aromatic carbocycles. The van der Waals surface area contributed by atoms with E-state index in [2.05, 4.69) is 32.4 Å². The Bertz CT molecular complexity index is 599. The Kier molecular flexibility index (Phi) is 5.86. The molecule has 25 heavy (non-hydrogen) atoms. The fourth-order valence-electron chi connectivity index (χ4n) is 3.44. The number of carbonyl (C=O) groups is 1. The Morgan fingerprint density at radius 2 is 2.36 bits per heavy atom. The minimum absolute atomic E-state index is 0.114. The van der Waals surface area contributed by atoms with Crippen LogP contribution < -0.4 is 10.6 Å². The third kappa shape index (κ3) is 4.48. The molecule has 7 nitrogen and oxygen atoms in total. The number of likely N-dealkylation sites (tertiary alicyclic amines) is 1. The lowest BCUT2D eigenvalue weighted by Crippen LogP contribution is -2.42. The monoisotopic (exact) mass is 345 g/mol. The zero-order valence-electron chi connectivity index (χ0n) is 14.8. The third-order valence-corrected chi connectivity index (χ3v) is 4.84. The van der Waals surface area contributed by atoms with Gasteiger partial charge < -0.3 is 20.3 Å². The summed E-state index contributed by atoms with van der Waals surface area (Å²) in [4.78, 5) is 23.0. The van der Waals surface area contributed by atoms with Crippen LogP contribution in [0.1, 0.15) is 30.1 Å². The second-order valence-corrected chi connectivity index (χ2v) is 6.71. The number of ether oxygens (including phenoxy) is 1. The van der Waals surface area contributed by atoms with Crippen molar-refractivity contribution in [1.82, 2.24) is 20.5 Å². The van der Waals surface area contributed by atoms with Crippen LogP contribution in [0.4, 0.5) is 0 Å². The molecule has 136 valence electrons. The van der Waals surface area contributed by atoms with Crippen LogP contribution >= 0.6 is 0 Å². The summed E-state index contributed by atoms with van der Waals surface area (Å²) in [6.45, 7) is 7.72. The molecular weight excluding hydrogens is 318 g/mol. The second kappa shape index (κ2) is 8.29. The maximum Gasteiger partial charge on any atom is 0.252 e. The summed E-state index contributed by atoms with van der Waals surface area (Å²) >= 11 is 0. The molecule has 2 aliphatic rings. The number of guanidine groups is 1. The van der Waals surface area contributed by atoms with Gasteiger partial charge in [-0.05, 0) is 31.9 Å². The molecule has 7 heteroatoms. The van der Waals surface area contributed by atoms with Crippen LogP contribution in [0.5, 0.6) is 0 Å². The van der Waals surface area contributed by atoms with E-state index in [9.17, 15) is 4.79 Å². The number of pyridine rings is 1. The molecule has 0 bridgehead atoms.